The smallest absolute Gasteiger partial charge is 0.0110 e. The number of hydrogen-bond acceptors (Lipinski definition) is 3. The van der Waals surface area contributed by atoms with Crippen LogP contribution in [0.25, 0.3) is 0 Å². The second-order valence-corrected chi connectivity index (χ2v) is 5.90. The van der Waals surface area contributed by atoms with Gasteiger partial charge in [-0.1, -0.05) is 32.6 Å². The van der Waals surface area contributed by atoms with E-state index in [1.54, 1.807) is 0 Å². The van der Waals surface area contributed by atoms with E-state index < -0.39 is 0 Å². The summed E-state index contributed by atoms with van der Waals surface area (Å²) in [5.74, 6) is 0. The molecule has 3 nitrogen and oxygen atoms in total. The van der Waals surface area contributed by atoms with E-state index in [-0.39, 0.29) is 0 Å². The first-order valence-corrected chi connectivity index (χ1v) is 7.82. The third-order valence-electron chi connectivity index (χ3n) is 3.91. The highest BCUT2D eigenvalue weighted by Gasteiger charge is 2.15. The van der Waals surface area contributed by atoms with Gasteiger partial charge >= 0.3 is 0 Å². The van der Waals surface area contributed by atoms with Crippen molar-refractivity contribution in [1.29, 1.82) is 0 Å². The molecule has 0 aromatic rings. The van der Waals surface area contributed by atoms with Crippen molar-refractivity contribution < 1.29 is 0 Å². The van der Waals surface area contributed by atoms with Crippen LogP contribution in [0.2, 0.25) is 0 Å². The lowest BCUT2D eigenvalue weighted by Gasteiger charge is -2.35. The highest BCUT2D eigenvalue weighted by atomic mass is 15.3. The lowest BCUT2D eigenvalue weighted by atomic mass is 10.1. The van der Waals surface area contributed by atoms with Gasteiger partial charge in [0.2, 0.25) is 0 Å². The Balaban J connectivity index is 1.98. The Bertz CT molecular complexity index is 186. The third-order valence-corrected chi connectivity index (χ3v) is 3.91. The Morgan fingerprint density at radius 1 is 0.778 bits per heavy atom. The van der Waals surface area contributed by atoms with Crippen LogP contribution in [0.5, 0.6) is 0 Å². The van der Waals surface area contributed by atoms with Crippen LogP contribution in [0.4, 0.5) is 0 Å². The fourth-order valence-corrected chi connectivity index (χ4v) is 2.52. The van der Waals surface area contributed by atoms with E-state index in [0.29, 0.717) is 0 Å². The Morgan fingerprint density at radius 2 is 1.33 bits per heavy atom. The lowest BCUT2D eigenvalue weighted by molar-refractivity contribution is 0.124. The van der Waals surface area contributed by atoms with Crippen LogP contribution in [0.1, 0.15) is 39.0 Å². The molecule has 0 atom stereocenters. The van der Waals surface area contributed by atoms with Crippen LogP contribution in [-0.4, -0.2) is 74.6 Å². The van der Waals surface area contributed by atoms with Gasteiger partial charge in [-0.05, 0) is 27.1 Å². The molecule has 18 heavy (non-hydrogen) atoms. The molecule has 1 saturated heterocycles. The Kier molecular flexibility index (Phi) is 8.64. The van der Waals surface area contributed by atoms with Crippen molar-refractivity contribution in [3.8, 4) is 0 Å². The van der Waals surface area contributed by atoms with Crippen LogP contribution in [0, 0.1) is 0 Å². The van der Waals surface area contributed by atoms with Gasteiger partial charge in [0.15, 0.2) is 0 Å². The molecule has 0 spiro atoms. The number of unbranched alkanes of at least 4 members (excludes halogenated alkanes) is 4. The summed E-state index contributed by atoms with van der Waals surface area (Å²) >= 11 is 0. The largest absolute Gasteiger partial charge is 0.308 e. The summed E-state index contributed by atoms with van der Waals surface area (Å²) in [6.07, 6.45) is 7.02. The molecule has 0 aromatic carbocycles. The van der Waals surface area contributed by atoms with Crippen molar-refractivity contribution in [2.24, 2.45) is 0 Å². The second-order valence-electron chi connectivity index (χ2n) is 5.90. The Morgan fingerprint density at radius 3 is 1.89 bits per heavy atom. The van der Waals surface area contributed by atoms with Crippen molar-refractivity contribution in [2.45, 2.75) is 39.0 Å². The summed E-state index contributed by atoms with van der Waals surface area (Å²) in [5.41, 5.74) is 0. The SMILES string of the molecule is CCCCCCCN1CCN(CCN(C)C)CC1. The Hall–Kier alpha value is -0.120. The maximum Gasteiger partial charge on any atom is 0.0110 e. The molecule has 1 rings (SSSR count). The van der Waals surface area contributed by atoms with Crippen molar-refractivity contribution >= 4 is 0 Å². The monoisotopic (exact) mass is 255 g/mol. The highest BCUT2D eigenvalue weighted by Crippen LogP contribution is 2.06. The normalized spacial score (nSPS) is 18.7. The molecule has 0 saturated carbocycles. The predicted molar refractivity (Wildman–Crippen MR) is 80.2 cm³/mol. The molecule has 1 heterocycles. The first-order chi connectivity index (χ1) is 8.72. The molecule has 0 radical (unpaired) electrons. The number of hydrogen-bond donors (Lipinski definition) is 0. The highest BCUT2D eigenvalue weighted by molar-refractivity contribution is 4.72. The van der Waals surface area contributed by atoms with E-state index >= 15 is 0 Å². The van der Waals surface area contributed by atoms with Crippen molar-refractivity contribution in [1.82, 2.24) is 14.7 Å². The van der Waals surface area contributed by atoms with E-state index in [2.05, 4.69) is 35.7 Å². The minimum atomic E-state index is 1.19. The standard InChI is InChI=1S/C15H33N3/c1-4-5-6-7-8-9-17-12-14-18(15-13-17)11-10-16(2)3/h4-15H2,1-3H3. The first kappa shape index (κ1) is 15.9. The van der Waals surface area contributed by atoms with Crippen LogP contribution < -0.4 is 0 Å². The minimum absolute atomic E-state index is 1.19. The van der Waals surface area contributed by atoms with Crippen molar-refractivity contribution in [3.05, 3.63) is 0 Å². The average Bonchev–Trinajstić information content (AvgIpc) is 2.37. The molecule has 0 aromatic heterocycles. The fourth-order valence-electron chi connectivity index (χ4n) is 2.52. The topological polar surface area (TPSA) is 9.72 Å². The number of nitrogens with zero attached hydrogens (tertiary/aromatic N) is 3. The zero-order chi connectivity index (χ0) is 13.2. The summed E-state index contributed by atoms with van der Waals surface area (Å²) in [6.45, 7) is 11.1. The molecular weight excluding hydrogens is 222 g/mol. The van der Waals surface area contributed by atoms with Gasteiger partial charge < -0.3 is 9.80 Å². The zero-order valence-corrected chi connectivity index (χ0v) is 12.8. The quantitative estimate of drug-likeness (QED) is 0.585. The Labute approximate surface area is 114 Å². The number of likely N-dealkylation sites (N-methyl/N-ethyl adjacent to an activating group) is 1. The molecule has 0 amide bonds. The van der Waals surface area contributed by atoms with Crippen LogP contribution >= 0.6 is 0 Å². The molecule has 1 aliphatic heterocycles. The van der Waals surface area contributed by atoms with Gasteiger partial charge in [0.05, 0.1) is 0 Å². The van der Waals surface area contributed by atoms with Gasteiger partial charge in [0, 0.05) is 39.3 Å². The van der Waals surface area contributed by atoms with E-state index in [1.165, 1.54) is 77.9 Å². The summed E-state index contributed by atoms with van der Waals surface area (Å²) in [5, 5.41) is 0. The molecular formula is C15H33N3. The van der Waals surface area contributed by atoms with E-state index in [9.17, 15) is 0 Å². The lowest BCUT2D eigenvalue weighted by Crippen LogP contribution is -2.48. The molecule has 0 N–H and O–H groups in total. The van der Waals surface area contributed by atoms with Crippen LogP contribution in [0.3, 0.4) is 0 Å². The average molecular weight is 255 g/mol. The number of piperazine rings is 1. The summed E-state index contributed by atoms with van der Waals surface area (Å²) in [7, 11) is 4.32. The van der Waals surface area contributed by atoms with E-state index in [1.807, 2.05) is 0 Å². The van der Waals surface area contributed by atoms with Crippen molar-refractivity contribution in [2.75, 3.05) is 59.9 Å². The van der Waals surface area contributed by atoms with Gasteiger partial charge in [-0.3, -0.25) is 4.90 Å². The maximum atomic E-state index is 2.65. The van der Waals surface area contributed by atoms with Gasteiger partial charge in [-0.25, -0.2) is 0 Å². The minimum Gasteiger partial charge on any atom is -0.308 e. The predicted octanol–water partition coefficient (Wildman–Crippen LogP) is 2.14. The van der Waals surface area contributed by atoms with Crippen LogP contribution in [-0.2, 0) is 0 Å². The third kappa shape index (κ3) is 7.34. The maximum absolute atomic E-state index is 2.65. The molecule has 0 aliphatic carbocycles. The van der Waals surface area contributed by atoms with Gasteiger partial charge in [0.1, 0.15) is 0 Å². The van der Waals surface area contributed by atoms with Crippen LogP contribution in [0.15, 0.2) is 0 Å². The summed E-state index contributed by atoms with van der Waals surface area (Å²) in [4.78, 5) is 7.53. The molecule has 1 fully saturated rings. The molecule has 0 unspecified atom stereocenters. The summed E-state index contributed by atoms with van der Waals surface area (Å²) in [6, 6.07) is 0. The van der Waals surface area contributed by atoms with Gasteiger partial charge in [0.25, 0.3) is 0 Å². The van der Waals surface area contributed by atoms with E-state index in [0.717, 1.165) is 0 Å². The first-order valence-electron chi connectivity index (χ1n) is 7.82. The summed E-state index contributed by atoms with van der Waals surface area (Å²) < 4.78 is 0. The van der Waals surface area contributed by atoms with E-state index in [4.69, 9.17) is 0 Å². The fraction of sp³-hybridized carbons (Fsp3) is 1.00. The zero-order valence-electron chi connectivity index (χ0n) is 12.8. The van der Waals surface area contributed by atoms with Crippen molar-refractivity contribution in [3.63, 3.8) is 0 Å². The van der Waals surface area contributed by atoms with Gasteiger partial charge in [-0.15, -0.1) is 0 Å². The number of rotatable bonds is 9. The molecule has 0 bridgehead atoms. The second kappa shape index (κ2) is 9.76. The molecule has 108 valence electrons. The molecule has 3 heteroatoms. The van der Waals surface area contributed by atoms with Gasteiger partial charge in [-0.2, -0.15) is 0 Å². The molecule has 1 aliphatic rings.